The number of aromatic nitrogens is 2. The van der Waals surface area contributed by atoms with Crippen LogP contribution in [0.2, 0.25) is 0 Å². The van der Waals surface area contributed by atoms with Crippen LogP contribution in [-0.4, -0.2) is 15.9 Å². The van der Waals surface area contributed by atoms with Gasteiger partial charge >= 0.3 is 0 Å². The highest BCUT2D eigenvalue weighted by Gasteiger charge is 2.12. The van der Waals surface area contributed by atoms with Crippen LogP contribution in [0.25, 0.3) is 0 Å². The molecule has 0 spiro atoms. The predicted molar refractivity (Wildman–Crippen MR) is 104 cm³/mol. The molecule has 0 saturated carbocycles. The second-order valence-electron chi connectivity index (χ2n) is 6.29. The fourth-order valence-electron chi connectivity index (χ4n) is 2.57. The molecule has 132 valence electrons. The Morgan fingerprint density at radius 1 is 0.962 bits per heavy atom. The quantitative estimate of drug-likeness (QED) is 0.724. The van der Waals surface area contributed by atoms with E-state index in [-0.39, 0.29) is 5.91 Å². The van der Waals surface area contributed by atoms with Crippen molar-refractivity contribution in [2.24, 2.45) is 0 Å². The Balaban J connectivity index is 1.73. The van der Waals surface area contributed by atoms with Gasteiger partial charge in [-0.05, 0) is 38.0 Å². The van der Waals surface area contributed by atoms with Crippen LogP contribution in [0, 0.1) is 20.8 Å². The van der Waals surface area contributed by atoms with Crippen molar-refractivity contribution in [2.45, 2.75) is 27.3 Å². The van der Waals surface area contributed by atoms with Gasteiger partial charge in [0, 0.05) is 18.3 Å². The van der Waals surface area contributed by atoms with E-state index in [0.29, 0.717) is 23.9 Å². The first-order chi connectivity index (χ1) is 12.5. The van der Waals surface area contributed by atoms with Crippen LogP contribution in [-0.2, 0) is 6.54 Å². The molecule has 0 saturated heterocycles. The van der Waals surface area contributed by atoms with Crippen LogP contribution < -0.4 is 10.6 Å². The summed E-state index contributed by atoms with van der Waals surface area (Å²) in [7, 11) is 0. The van der Waals surface area contributed by atoms with E-state index in [1.807, 2.05) is 31.2 Å². The zero-order chi connectivity index (χ0) is 18.5. The molecule has 1 aromatic heterocycles. The summed E-state index contributed by atoms with van der Waals surface area (Å²) in [5, 5.41) is 6.16. The topological polar surface area (TPSA) is 66.9 Å². The molecule has 2 aromatic carbocycles. The van der Waals surface area contributed by atoms with E-state index in [0.717, 1.165) is 16.8 Å². The maximum Gasteiger partial charge on any atom is 0.274 e. The summed E-state index contributed by atoms with van der Waals surface area (Å²) >= 11 is 0. The number of carbonyl (C=O) groups is 1. The molecule has 2 N–H and O–H groups in total. The Labute approximate surface area is 153 Å². The Bertz CT molecular complexity index is 920. The summed E-state index contributed by atoms with van der Waals surface area (Å²) < 4.78 is 0. The molecule has 0 unspecified atom stereocenters. The summed E-state index contributed by atoms with van der Waals surface area (Å²) in [5.41, 5.74) is 4.50. The van der Waals surface area contributed by atoms with Crippen LogP contribution in [0.1, 0.15) is 33.0 Å². The van der Waals surface area contributed by atoms with Crippen molar-refractivity contribution in [3.05, 3.63) is 82.8 Å². The molecule has 5 nitrogen and oxygen atoms in total. The van der Waals surface area contributed by atoms with Crippen LogP contribution in [0.5, 0.6) is 0 Å². The normalized spacial score (nSPS) is 10.4. The number of carbonyl (C=O) groups excluding carboxylic acids is 1. The molecule has 0 aliphatic rings. The van der Waals surface area contributed by atoms with Crippen LogP contribution in [0.3, 0.4) is 0 Å². The van der Waals surface area contributed by atoms with Crippen molar-refractivity contribution in [1.82, 2.24) is 9.97 Å². The summed E-state index contributed by atoms with van der Waals surface area (Å²) in [4.78, 5) is 21.2. The lowest BCUT2D eigenvalue weighted by Gasteiger charge is -2.10. The van der Waals surface area contributed by atoms with E-state index in [2.05, 4.69) is 51.8 Å². The van der Waals surface area contributed by atoms with Gasteiger partial charge in [0.1, 0.15) is 17.3 Å². The third-order valence-electron chi connectivity index (χ3n) is 4.06. The number of rotatable bonds is 5. The van der Waals surface area contributed by atoms with Gasteiger partial charge in [0.2, 0.25) is 0 Å². The third kappa shape index (κ3) is 4.45. The van der Waals surface area contributed by atoms with Gasteiger partial charge < -0.3 is 10.6 Å². The highest BCUT2D eigenvalue weighted by atomic mass is 16.1. The SMILES string of the molecule is Cc1ccc(CNc2cc(C(=O)Nc3ccccc3C)nc(C)n2)cc1. The number of aryl methyl sites for hydroxylation is 3. The minimum absolute atomic E-state index is 0.247. The van der Waals surface area contributed by atoms with E-state index >= 15 is 0 Å². The lowest BCUT2D eigenvalue weighted by atomic mass is 10.1. The van der Waals surface area contributed by atoms with Gasteiger partial charge in [-0.2, -0.15) is 0 Å². The minimum atomic E-state index is -0.247. The van der Waals surface area contributed by atoms with E-state index in [4.69, 9.17) is 0 Å². The molecule has 1 amide bonds. The van der Waals surface area contributed by atoms with Gasteiger partial charge in [-0.1, -0.05) is 48.0 Å². The first kappa shape index (κ1) is 17.6. The van der Waals surface area contributed by atoms with Crippen molar-refractivity contribution < 1.29 is 4.79 Å². The Morgan fingerprint density at radius 3 is 2.42 bits per heavy atom. The molecule has 3 rings (SSSR count). The van der Waals surface area contributed by atoms with Crippen molar-refractivity contribution in [3.8, 4) is 0 Å². The molecule has 0 aliphatic heterocycles. The molecule has 0 fully saturated rings. The van der Waals surface area contributed by atoms with Gasteiger partial charge in [-0.25, -0.2) is 9.97 Å². The minimum Gasteiger partial charge on any atom is -0.366 e. The molecule has 26 heavy (non-hydrogen) atoms. The molecule has 0 radical (unpaired) electrons. The van der Waals surface area contributed by atoms with Crippen LogP contribution in [0.4, 0.5) is 11.5 Å². The Kier molecular flexibility index (Phi) is 5.27. The summed E-state index contributed by atoms with van der Waals surface area (Å²) in [5.74, 6) is 0.935. The summed E-state index contributed by atoms with van der Waals surface area (Å²) in [6.45, 7) is 6.43. The number of hydrogen-bond acceptors (Lipinski definition) is 4. The summed E-state index contributed by atoms with van der Waals surface area (Å²) in [6.07, 6.45) is 0. The molecule has 3 aromatic rings. The van der Waals surface area contributed by atoms with Gasteiger partial charge in [0.25, 0.3) is 5.91 Å². The number of para-hydroxylation sites is 1. The zero-order valence-corrected chi connectivity index (χ0v) is 15.2. The number of nitrogens with zero attached hydrogens (tertiary/aromatic N) is 2. The van der Waals surface area contributed by atoms with Crippen molar-refractivity contribution in [2.75, 3.05) is 10.6 Å². The van der Waals surface area contributed by atoms with Gasteiger partial charge in [0.05, 0.1) is 0 Å². The largest absolute Gasteiger partial charge is 0.366 e. The molecule has 0 aliphatic carbocycles. The van der Waals surface area contributed by atoms with E-state index in [1.165, 1.54) is 5.56 Å². The van der Waals surface area contributed by atoms with Gasteiger partial charge in [-0.3, -0.25) is 4.79 Å². The first-order valence-electron chi connectivity index (χ1n) is 8.53. The Morgan fingerprint density at radius 2 is 1.69 bits per heavy atom. The highest BCUT2D eigenvalue weighted by molar-refractivity contribution is 6.03. The van der Waals surface area contributed by atoms with E-state index in [1.54, 1.807) is 13.0 Å². The smallest absolute Gasteiger partial charge is 0.274 e. The number of benzene rings is 2. The lowest BCUT2D eigenvalue weighted by molar-refractivity contribution is 0.102. The molecule has 0 atom stereocenters. The fourth-order valence-corrected chi connectivity index (χ4v) is 2.57. The van der Waals surface area contributed by atoms with Gasteiger partial charge in [-0.15, -0.1) is 0 Å². The second kappa shape index (κ2) is 7.78. The predicted octanol–water partition coefficient (Wildman–Crippen LogP) is 4.27. The second-order valence-corrected chi connectivity index (χ2v) is 6.29. The van der Waals surface area contributed by atoms with Gasteiger partial charge in [0.15, 0.2) is 0 Å². The van der Waals surface area contributed by atoms with Crippen LogP contribution >= 0.6 is 0 Å². The van der Waals surface area contributed by atoms with E-state index < -0.39 is 0 Å². The number of anilines is 2. The van der Waals surface area contributed by atoms with Crippen LogP contribution in [0.15, 0.2) is 54.6 Å². The van der Waals surface area contributed by atoms with Crippen molar-refractivity contribution >= 4 is 17.4 Å². The average molecular weight is 346 g/mol. The molecule has 1 heterocycles. The first-order valence-corrected chi connectivity index (χ1v) is 8.53. The summed E-state index contributed by atoms with van der Waals surface area (Å²) in [6, 6.07) is 17.6. The number of hydrogen-bond donors (Lipinski definition) is 2. The molecular formula is C21H22N4O. The zero-order valence-electron chi connectivity index (χ0n) is 15.2. The maximum atomic E-state index is 12.6. The molecule has 0 bridgehead atoms. The standard InChI is InChI=1S/C21H22N4O/c1-14-8-10-17(11-9-14)13-22-20-12-19(23-16(3)24-20)21(26)25-18-7-5-4-6-15(18)2/h4-12H,13H2,1-3H3,(H,25,26)(H,22,23,24). The number of amides is 1. The number of nitrogens with one attached hydrogen (secondary N) is 2. The average Bonchev–Trinajstić information content (AvgIpc) is 2.63. The molecule has 5 heteroatoms. The fraction of sp³-hybridized carbons (Fsp3) is 0.190. The Hall–Kier alpha value is -3.21. The monoisotopic (exact) mass is 346 g/mol. The van der Waals surface area contributed by atoms with Crippen molar-refractivity contribution in [3.63, 3.8) is 0 Å². The lowest BCUT2D eigenvalue weighted by Crippen LogP contribution is -2.16. The molecular weight excluding hydrogens is 324 g/mol. The van der Waals surface area contributed by atoms with Crippen molar-refractivity contribution in [1.29, 1.82) is 0 Å². The maximum absolute atomic E-state index is 12.6. The third-order valence-corrected chi connectivity index (χ3v) is 4.06. The highest BCUT2D eigenvalue weighted by Crippen LogP contribution is 2.16. The van der Waals surface area contributed by atoms with E-state index in [9.17, 15) is 4.79 Å².